The monoisotopic (exact) mass is 173 g/mol. The molecule has 71 valence electrons. The molecule has 0 aliphatic carbocycles. The molecular weight excluding hydrogens is 156 g/mol. The highest BCUT2D eigenvalue weighted by Gasteiger charge is 2.16. The fraction of sp³-hybridized carbons (Fsp3) is 0.778. The molecule has 0 aromatic rings. The maximum atomic E-state index is 10.9. The van der Waals surface area contributed by atoms with Crippen molar-refractivity contribution >= 4 is 6.16 Å². The van der Waals surface area contributed by atoms with E-state index in [1.165, 1.54) is 0 Å². The van der Waals surface area contributed by atoms with Gasteiger partial charge in [0.1, 0.15) is 5.60 Å². The van der Waals surface area contributed by atoms with Gasteiger partial charge in [-0.15, -0.1) is 0 Å². The lowest BCUT2D eigenvalue weighted by Crippen LogP contribution is -2.24. The molecule has 3 nitrogen and oxygen atoms in total. The van der Waals surface area contributed by atoms with Gasteiger partial charge < -0.3 is 9.47 Å². The highest BCUT2D eigenvalue weighted by Crippen LogP contribution is 2.08. The number of rotatable bonds is 3. The summed E-state index contributed by atoms with van der Waals surface area (Å²) in [6.07, 6.45) is 2.10. The van der Waals surface area contributed by atoms with E-state index < -0.39 is 11.8 Å². The predicted octanol–water partition coefficient (Wildman–Crippen LogP) is 2.55. The lowest BCUT2D eigenvalue weighted by atomic mass is 10.2. The quantitative estimate of drug-likeness (QED) is 0.486. The van der Waals surface area contributed by atoms with Crippen LogP contribution < -0.4 is 0 Å². The molecule has 0 atom stereocenters. The van der Waals surface area contributed by atoms with Gasteiger partial charge in [0.25, 0.3) is 0 Å². The Balaban J connectivity index is 3.47. The molecule has 3 heteroatoms. The SMILES string of the molecule is C[CH]CCOC(=O)OC(C)(C)C. The van der Waals surface area contributed by atoms with E-state index in [4.69, 9.17) is 9.47 Å². The molecule has 0 aromatic carbocycles. The molecule has 0 rings (SSSR count). The Morgan fingerprint density at radius 2 is 2.00 bits per heavy atom. The number of hydrogen-bond acceptors (Lipinski definition) is 3. The first-order valence-corrected chi connectivity index (χ1v) is 4.09. The van der Waals surface area contributed by atoms with Crippen molar-refractivity contribution in [2.24, 2.45) is 0 Å². The minimum absolute atomic E-state index is 0.394. The van der Waals surface area contributed by atoms with Crippen LogP contribution in [-0.2, 0) is 9.47 Å². The molecule has 0 aromatic heterocycles. The van der Waals surface area contributed by atoms with Crippen LogP contribution >= 0.6 is 0 Å². The van der Waals surface area contributed by atoms with Gasteiger partial charge in [0.15, 0.2) is 0 Å². The smallest absolute Gasteiger partial charge is 0.434 e. The summed E-state index contributed by atoms with van der Waals surface area (Å²) in [6, 6.07) is 0. The molecule has 0 aliphatic heterocycles. The van der Waals surface area contributed by atoms with Gasteiger partial charge in [0.05, 0.1) is 6.61 Å². The first-order chi connectivity index (χ1) is 5.45. The Morgan fingerprint density at radius 3 is 2.42 bits per heavy atom. The zero-order chi connectivity index (χ0) is 9.61. The number of unbranched alkanes of at least 4 members (excludes halogenated alkanes) is 1. The number of ether oxygens (including phenoxy) is 2. The van der Waals surface area contributed by atoms with Crippen molar-refractivity contribution in [3.05, 3.63) is 6.42 Å². The van der Waals surface area contributed by atoms with E-state index in [0.717, 1.165) is 6.42 Å². The van der Waals surface area contributed by atoms with Crippen LogP contribution in [0.2, 0.25) is 0 Å². The first kappa shape index (κ1) is 11.3. The minimum atomic E-state index is -0.593. The maximum Gasteiger partial charge on any atom is 0.508 e. The average Bonchev–Trinajstić information content (AvgIpc) is 1.84. The molecule has 0 saturated carbocycles. The summed E-state index contributed by atoms with van der Waals surface area (Å²) in [5, 5.41) is 0. The van der Waals surface area contributed by atoms with Crippen molar-refractivity contribution in [3.63, 3.8) is 0 Å². The van der Waals surface area contributed by atoms with Crippen LogP contribution in [0, 0.1) is 6.42 Å². The summed E-state index contributed by atoms with van der Waals surface area (Å²) in [7, 11) is 0. The highest BCUT2D eigenvalue weighted by molar-refractivity contribution is 5.60. The minimum Gasteiger partial charge on any atom is -0.434 e. The predicted molar refractivity (Wildman–Crippen MR) is 46.8 cm³/mol. The highest BCUT2D eigenvalue weighted by atomic mass is 16.7. The average molecular weight is 173 g/mol. The second-order valence-electron chi connectivity index (χ2n) is 3.51. The van der Waals surface area contributed by atoms with Crippen molar-refractivity contribution in [3.8, 4) is 0 Å². The van der Waals surface area contributed by atoms with Crippen molar-refractivity contribution in [1.29, 1.82) is 0 Å². The topological polar surface area (TPSA) is 35.5 Å². The van der Waals surface area contributed by atoms with Crippen LogP contribution in [0.1, 0.15) is 34.1 Å². The number of carbonyl (C=O) groups is 1. The number of hydrogen-bond donors (Lipinski definition) is 0. The summed E-state index contributed by atoms with van der Waals surface area (Å²) in [5.41, 5.74) is -0.465. The van der Waals surface area contributed by atoms with Gasteiger partial charge in [-0.05, 0) is 33.6 Å². The zero-order valence-corrected chi connectivity index (χ0v) is 8.22. The van der Waals surface area contributed by atoms with Crippen molar-refractivity contribution in [2.75, 3.05) is 6.61 Å². The van der Waals surface area contributed by atoms with Crippen LogP contribution in [0.3, 0.4) is 0 Å². The Labute approximate surface area is 74.0 Å². The maximum absolute atomic E-state index is 10.9. The summed E-state index contributed by atoms with van der Waals surface area (Å²) in [6.45, 7) is 7.73. The summed E-state index contributed by atoms with van der Waals surface area (Å²) in [5.74, 6) is 0. The molecule has 0 spiro atoms. The summed E-state index contributed by atoms with van der Waals surface area (Å²) >= 11 is 0. The van der Waals surface area contributed by atoms with Gasteiger partial charge in [0, 0.05) is 0 Å². The zero-order valence-electron chi connectivity index (χ0n) is 8.22. The third kappa shape index (κ3) is 7.38. The first-order valence-electron chi connectivity index (χ1n) is 4.09. The van der Waals surface area contributed by atoms with Crippen LogP contribution in [0.15, 0.2) is 0 Å². The molecule has 1 radical (unpaired) electrons. The van der Waals surface area contributed by atoms with E-state index in [1.807, 2.05) is 13.3 Å². The molecule has 0 N–H and O–H groups in total. The van der Waals surface area contributed by atoms with Gasteiger partial charge in [0.2, 0.25) is 0 Å². The summed E-state index contributed by atoms with van der Waals surface area (Å²) in [4.78, 5) is 10.9. The van der Waals surface area contributed by atoms with Crippen LogP contribution in [0.5, 0.6) is 0 Å². The molecule has 0 aliphatic rings. The molecule has 0 heterocycles. The molecule has 0 bridgehead atoms. The lowest BCUT2D eigenvalue weighted by Gasteiger charge is -2.18. The third-order valence-electron chi connectivity index (χ3n) is 1.02. The molecule has 0 amide bonds. The Morgan fingerprint density at radius 1 is 1.42 bits per heavy atom. The Bertz CT molecular complexity index is 135. The van der Waals surface area contributed by atoms with Crippen molar-refractivity contribution in [2.45, 2.75) is 39.7 Å². The van der Waals surface area contributed by atoms with E-state index in [0.29, 0.717) is 6.61 Å². The summed E-state index contributed by atoms with van der Waals surface area (Å²) < 4.78 is 9.68. The van der Waals surface area contributed by atoms with Crippen LogP contribution in [0.4, 0.5) is 4.79 Å². The second-order valence-corrected chi connectivity index (χ2v) is 3.51. The van der Waals surface area contributed by atoms with Crippen LogP contribution in [-0.4, -0.2) is 18.4 Å². The standard InChI is InChI=1S/C9H17O3/c1-5-6-7-11-8(10)12-9(2,3)4/h5H,6-7H2,1-4H3. The van der Waals surface area contributed by atoms with E-state index in [-0.39, 0.29) is 0 Å². The van der Waals surface area contributed by atoms with Gasteiger partial charge in [-0.1, -0.05) is 6.92 Å². The van der Waals surface area contributed by atoms with Gasteiger partial charge in [-0.2, -0.15) is 0 Å². The van der Waals surface area contributed by atoms with Gasteiger partial charge in [-0.25, -0.2) is 4.79 Å². The van der Waals surface area contributed by atoms with Crippen molar-refractivity contribution < 1.29 is 14.3 Å². The van der Waals surface area contributed by atoms with Crippen molar-refractivity contribution in [1.82, 2.24) is 0 Å². The fourth-order valence-electron chi connectivity index (χ4n) is 0.540. The fourth-order valence-corrected chi connectivity index (χ4v) is 0.540. The Hall–Kier alpha value is -0.730. The molecular formula is C9H17O3. The molecule has 12 heavy (non-hydrogen) atoms. The third-order valence-corrected chi connectivity index (χ3v) is 1.02. The van der Waals surface area contributed by atoms with Crippen LogP contribution in [0.25, 0.3) is 0 Å². The second kappa shape index (κ2) is 5.01. The van der Waals surface area contributed by atoms with E-state index >= 15 is 0 Å². The number of carbonyl (C=O) groups excluding carboxylic acids is 1. The Kier molecular flexibility index (Phi) is 4.71. The van der Waals surface area contributed by atoms with Gasteiger partial charge >= 0.3 is 6.16 Å². The van der Waals surface area contributed by atoms with E-state index in [1.54, 1.807) is 20.8 Å². The molecule has 0 saturated heterocycles. The molecule has 0 unspecified atom stereocenters. The van der Waals surface area contributed by atoms with E-state index in [9.17, 15) is 4.79 Å². The largest absolute Gasteiger partial charge is 0.508 e. The van der Waals surface area contributed by atoms with E-state index in [2.05, 4.69) is 0 Å². The normalized spacial score (nSPS) is 11.0. The molecule has 0 fully saturated rings. The van der Waals surface area contributed by atoms with Gasteiger partial charge in [-0.3, -0.25) is 0 Å². The lowest BCUT2D eigenvalue weighted by molar-refractivity contribution is -0.00669.